The number of unbranched alkanes of at least 4 members (excludes halogenated alkanes) is 10. The van der Waals surface area contributed by atoms with E-state index < -0.39 is 0 Å². The largest absolute Gasteiger partial charge is 0.143 e. The fourth-order valence-corrected chi connectivity index (χ4v) is 10.9. The molecule has 0 atom stereocenters. The van der Waals surface area contributed by atoms with Crippen LogP contribution in [0.3, 0.4) is 0 Å². The maximum Gasteiger partial charge on any atom is 0.0481 e. The summed E-state index contributed by atoms with van der Waals surface area (Å²) >= 11 is 9.75. The Morgan fingerprint density at radius 1 is 0.439 bits per heavy atom. The molecule has 0 aromatic carbocycles. The van der Waals surface area contributed by atoms with E-state index in [0.717, 1.165) is 0 Å². The van der Waals surface area contributed by atoms with Crippen molar-refractivity contribution in [2.24, 2.45) is 0 Å². The zero-order valence-electron chi connectivity index (χ0n) is 24.7. The van der Waals surface area contributed by atoms with E-state index in [1.165, 1.54) is 129 Å². The van der Waals surface area contributed by atoms with Gasteiger partial charge in [0.1, 0.15) is 0 Å². The zero-order chi connectivity index (χ0) is 28.3. The Labute approximate surface area is 268 Å². The summed E-state index contributed by atoms with van der Waals surface area (Å²) in [7, 11) is 0. The number of thiophene rings is 5. The third-order valence-corrected chi connectivity index (χ3v) is 13.7. The van der Waals surface area contributed by atoms with Crippen LogP contribution < -0.4 is 0 Å². The maximum absolute atomic E-state index is 2.51. The molecule has 0 aliphatic carbocycles. The van der Waals surface area contributed by atoms with Crippen LogP contribution in [0.25, 0.3) is 39.0 Å². The van der Waals surface area contributed by atoms with Gasteiger partial charge in [0.15, 0.2) is 0 Å². The molecule has 0 spiro atoms. The minimum absolute atomic E-state index is 1.20. The Balaban J connectivity index is 1.32. The Bertz CT molecular complexity index is 1300. The van der Waals surface area contributed by atoms with Crippen LogP contribution in [0.5, 0.6) is 0 Å². The van der Waals surface area contributed by atoms with Gasteiger partial charge in [0.25, 0.3) is 0 Å². The van der Waals surface area contributed by atoms with Crippen LogP contribution in [0.4, 0.5) is 0 Å². The fourth-order valence-electron chi connectivity index (χ4n) is 5.50. The van der Waals surface area contributed by atoms with E-state index in [0.29, 0.717) is 0 Å². The number of aryl methyl sites for hydroxylation is 2. The van der Waals surface area contributed by atoms with Gasteiger partial charge in [-0.3, -0.25) is 0 Å². The van der Waals surface area contributed by atoms with E-state index in [1.54, 1.807) is 11.1 Å². The molecule has 0 N–H and O–H groups in total. The van der Waals surface area contributed by atoms with Crippen molar-refractivity contribution in [3.05, 3.63) is 70.4 Å². The van der Waals surface area contributed by atoms with Crippen molar-refractivity contribution in [3.8, 4) is 39.0 Å². The molecule has 0 aliphatic heterocycles. The summed E-state index contributed by atoms with van der Waals surface area (Å²) in [6.45, 7) is 4.60. The first-order valence-corrected chi connectivity index (χ1v) is 19.9. The molecule has 5 heteroatoms. The monoisotopic (exact) mass is 636 g/mol. The second kappa shape index (κ2) is 16.4. The Kier molecular flexibility index (Phi) is 12.4. The molecule has 5 heterocycles. The van der Waals surface area contributed by atoms with Crippen molar-refractivity contribution in [2.45, 2.75) is 104 Å². The second-order valence-corrected chi connectivity index (χ2v) is 16.2. The van der Waals surface area contributed by atoms with Crippen LogP contribution in [0.1, 0.15) is 102 Å². The first-order valence-electron chi connectivity index (χ1n) is 15.7. The van der Waals surface area contributed by atoms with Crippen LogP contribution in [0.15, 0.2) is 59.3 Å². The van der Waals surface area contributed by atoms with Crippen LogP contribution in [-0.4, -0.2) is 0 Å². The summed E-state index contributed by atoms with van der Waals surface area (Å²) in [6, 6.07) is 18.8. The molecular weight excluding hydrogens is 593 g/mol. The summed E-state index contributed by atoms with van der Waals surface area (Å²) < 4.78 is 0. The van der Waals surface area contributed by atoms with E-state index in [-0.39, 0.29) is 0 Å². The molecule has 5 aromatic heterocycles. The van der Waals surface area contributed by atoms with Crippen LogP contribution >= 0.6 is 56.7 Å². The summed E-state index contributed by atoms with van der Waals surface area (Å²) in [5.41, 5.74) is 3.10. The first-order chi connectivity index (χ1) is 20.3. The molecular formula is C36H44S5. The lowest BCUT2D eigenvalue weighted by Gasteiger charge is -2.02. The van der Waals surface area contributed by atoms with Gasteiger partial charge in [0.05, 0.1) is 0 Å². The molecule has 0 saturated heterocycles. The van der Waals surface area contributed by atoms with E-state index in [9.17, 15) is 0 Å². The highest BCUT2D eigenvalue weighted by atomic mass is 32.1. The minimum atomic E-state index is 1.20. The highest BCUT2D eigenvalue weighted by molar-refractivity contribution is 7.29. The van der Waals surface area contributed by atoms with E-state index in [2.05, 4.69) is 73.1 Å². The van der Waals surface area contributed by atoms with Gasteiger partial charge in [-0.25, -0.2) is 0 Å². The molecule has 0 nitrogen and oxygen atoms in total. The standard InChI is InChI=1S/C36H44S5/c1-3-5-7-9-11-13-17-27-25-33(40-35(27)31-19-15-23-37-31)29-21-22-30(39-29)34-26-28(18-14-12-10-8-6-4-2)36(41-34)32-20-16-24-38-32/h15-16,19-26H,3-14,17-18H2,1-2H3. The molecule has 5 aromatic rings. The third-order valence-electron chi connectivity index (χ3n) is 7.80. The summed E-state index contributed by atoms with van der Waals surface area (Å²) in [4.78, 5) is 11.6. The number of rotatable bonds is 18. The van der Waals surface area contributed by atoms with Crippen LogP contribution in [0, 0.1) is 0 Å². The molecule has 0 amide bonds. The Morgan fingerprint density at radius 2 is 0.878 bits per heavy atom. The van der Waals surface area contributed by atoms with Gasteiger partial charge >= 0.3 is 0 Å². The smallest absolute Gasteiger partial charge is 0.0481 e. The predicted molar refractivity (Wildman–Crippen MR) is 192 cm³/mol. The van der Waals surface area contributed by atoms with Crippen molar-refractivity contribution in [2.75, 3.05) is 0 Å². The lowest BCUT2D eigenvalue weighted by Crippen LogP contribution is -1.86. The molecule has 0 saturated carbocycles. The van der Waals surface area contributed by atoms with Gasteiger partial charge in [-0.2, -0.15) is 0 Å². The maximum atomic E-state index is 2.51. The number of hydrogen-bond acceptors (Lipinski definition) is 5. The summed E-state index contributed by atoms with van der Waals surface area (Å²) in [5.74, 6) is 0. The van der Waals surface area contributed by atoms with Gasteiger partial charge in [-0.15, -0.1) is 56.7 Å². The summed E-state index contributed by atoms with van der Waals surface area (Å²) in [5, 5.41) is 4.44. The van der Waals surface area contributed by atoms with E-state index in [4.69, 9.17) is 0 Å². The van der Waals surface area contributed by atoms with Gasteiger partial charge in [0, 0.05) is 39.0 Å². The fraction of sp³-hybridized carbons (Fsp3) is 0.444. The molecule has 218 valence electrons. The van der Waals surface area contributed by atoms with Gasteiger partial charge in [-0.1, -0.05) is 90.2 Å². The zero-order valence-corrected chi connectivity index (χ0v) is 28.8. The number of hydrogen-bond donors (Lipinski definition) is 0. The molecule has 5 rings (SSSR count). The normalized spacial score (nSPS) is 11.6. The second-order valence-electron chi connectivity index (χ2n) is 11.1. The van der Waals surface area contributed by atoms with Crippen molar-refractivity contribution < 1.29 is 0 Å². The molecule has 0 bridgehead atoms. The van der Waals surface area contributed by atoms with Gasteiger partial charge in [0.2, 0.25) is 0 Å². The van der Waals surface area contributed by atoms with E-state index in [1.807, 2.05) is 56.7 Å². The molecule has 0 radical (unpaired) electrons. The predicted octanol–water partition coefficient (Wildman–Crippen LogP) is 14.5. The van der Waals surface area contributed by atoms with Crippen molar-refractivity contribution in [1.29, 1.82) is 0 Å². The highest BCUT2D eigenvalue weighted by Gasteiger charge is 2.18. The topological polar surface area (TPSA) is 0 Å². The molecule has 0 aliphatic rings. The van der Waals surface area contributed by atoms with Gasteiger partial charge < -0.3 is 0 Å². The SMILES string of the molecule is CCCCCCCCc1cc(-c2ccc(-c3cc(CCCCCCCC)c(-c4cccs4)s3)s2)sc1-c1cccs1. The molecule has 0 unspecified atom stereocenters. The molecule has 41 heavy (non-hydrogen) atoms. The lowest BCUT2D eigenvalue weighted by molar-refractivity contribution is 0.608. The Morgan fingerprint density at radius 3 is 1.29 bits per heavy atom. The Hall–Kier alpha value is -1.50. The average Bonchev–Trinajstić information content (AvgIpc) is 3.81. The van der Waals surface area contributed by atoms with Gasteiger partial charge in [-0.05, 0) is 84.0 Å². The highest BCUT2D eigenvalue weighted by Crippen LogP contribution is 2.47. The third kappa shape index (κ3) is 8.54. The van der Waals surface area contributed by atoms with Crippen molar-refractivity contribution in [1.82, 2.24) is 0 Å². The summed E-state index contributed by atoms with van der Waals surface area (Å²) in [6.07, 6.45) is 18.6. The van der Waals surface area contributed by atoms with Crippen molar-refractivity contribution >= 4 is 56.7 Å². The average molecular weight is 637 g/mol. The molecule has 0 fully saturated rings. The van der Waals surface area contributed by atoms with Crippen LogP contribution in [0.2, 0.25) is 0 Å². The first kappa shape index (κ1) is 30.9. The minimum Gasteiger partial charge on any atom is -0.143 e. The van der Waals surface area contributed by atoms with E-state index >= 15 is 0 Å². The quantitative estimate of drug-likeness (QED) is 0.0839. The van der Waals surface area contributed by atoms with Crippen LogP contribution in [-0.2, 0) is 12.8 Å². The van der Waals surface area contributed by atoms with Crippen molar-refractivity contribution in [3.63, 3.8) is 0 Å². The lowest BCUT2D eigenvalue weighted by atomic mass is 10.0.